The molecule has 0 radical (unpaired) electrons. The lowest BCUT2D eigenvalue weighted by Gasteiger charge is -2.32. The van der Waals surface area contributed by atoms with Gasteiger partial charge in [-0.2, -0.15) is 0 Å². The summed E-state index contributed by atoms with van der Waals surface area (Å²) in [6.45, 7) is 2.51. The Bertz CT molecular complexity index is 617. The van der Waals surface area contributed by atoms with Gasteiger partial charge < -0.3 is 20.3 Å². The van der Waals surface area contributed by atoms with Crippen LogP contribution in [0.1, 0.15) is 51.4 Å². The van der Waals surface area contributed by atoms with Gasteiger partial charge in [-0.3, -0.25) is 4.79 Å². The summed E-state index contributed by atoms with van der Waals surface area (Å²) in [6, 6.07) is 9.28. The molecule has 6 heteroatoms. The Morgan fingerprint density at radius 2 is 1.82 bits per heavy atom. The van der Waals surface area contributed by atoms with Crippen LogP contribution in [0.15, 0.2) is 30.3 Å². The monoisotopic (exact) mass is 387 g/mol. The van der Waals surface area contributed by atoms with Crippen LogP contribution in [0.5, 0.6) is 0 Å². The van der Waals surface area contributed by atoms with Gasteiger partial charge in [-0.25, -0.2) is 4.79 Å². The average Bonchev–Trinajstić information content (AvgIpc) is 2.75. The number of anilines is 1. The minimum Gasteiger partial charge on any atom is -0.378 e. The summed E-state index contributed by atoms with van der Waals surface area (Å²) < 4.78 is 5.90. The summed E-state index contributed by atoms with van der Waals surface area (Å²) in [5, 5.41) is 5.92. The zero-order valence-corrected chi connectivity index (χ0v) is 16.7. The Labute approximate surface area is 168 Å². The van der Waals surface area contributed by atoms with Crippen LogP contribution >= 0.6 is 0 Å². The number of nitrogens with one attached hydrogen (secondary N) is 2. The summed E-state index contributed by atoms with van der Waals surface area (Å²) >= 11 is 0. The van der Waals surface area contributed by atoms with Crippen molar-refractivity contribution in [3.05, 3.63) is 30.3 Å². The second kappa shape index (κ2) is 11.1. The van der Waals surface area contributed by atoms with Crippen LogP contribution in [0.25, 0.3) is 0 Å². The van der Waals surface area contributed by atoms with E-state index in [1.165, 1.54) is 32.1 Å². The third-order valence-electron chi connectivity index (χ3n) is 5.63. The first-order valence-electron chi connectivity index (χ1n) is 10.7. The maximum absolute atomic E-state index is 12.5. The first-order valence-corrected chi connectivity index (χ1v) is 10.7. The van der Waals surface area contributed by atoms with Gasteiger partial charge in [-0.1, -0.05) is 37.5 Å². The maximum Gasteiger partial charge on any atom is 0.321 e. The zero-order valence-electron chi connectivity index (χ0n) is 16.7. The number of hydrogen-bond donors (Lipinski definition) is 2. The number of benzene rings is 1. The van der Waals surface area contributed by atoms with E-state index in [1.54, 1.807) is 4.90 Å². The average molecular weight is 388 g/mol. The molecule has 2 fully saturated rings. The summed E-state index contributed by atoms with van der Waals surface area (Å²) in [5.41, 5.74) is 0.775. The Morgan fingerprint density at radius 1 is 1.04 bits per heavy atom. The minimum atomic E-state index is -0.135. The Hall–Kier alpha value is -2.08. The number of hydrogen-bond acceptors (Lipinski definition) is 3. The molecule has 0 spiro atoms. The first kappa shape index (κ1) is 20.6. The lowest BCUT2D eigenvalue weighted by atomic mass is 9.97. The predicted molar refractivity (Wildman–Crippen MR) is 110 cm³/mol. The van der Waals surface area contributed by atoms with Crippen LogP contribution in [0.2, 0.25) is 0 Å². The number of carbonyl (C=O) groups excluding carboxylic acids is 2. The third-order valence-corrected chi connectivity index (χ3v) is 5.63. The minimum absolute atomic E-state index is 0.0508. The molecule has 3 amide bonds. The number of carbonyl (C=O) groups is 2. The fourth-order valence-corrected chi connectivity index (χ4v) is 4.01. The van der Waals surface area contributed by atoms with Gasteiger partial charge in [0.05, 0.1) is 12.0 Å². The number of amides is 3. The molecule has 1 saturated carbocycles. The van der Waals surface area contributed by atoms with Crippen LogP contribution in [-0.2, 0) is 9.53 Å². The molecule has 2 aliphatic rings. The zero-order chi connectivity index (χ0) is 19.6. The van der Waals surface area contributed by atoms with Crippen molar-refractivity contribution >= 4 is 17.6 Å². The van der Waals surface area contributed by atoms with Crippen LogP contribution < -0.4 is 10.6 Å². The van der Waals surface area contributed by atoms with Crippen molar-refractivity contribution in [2.75, 3.05) is 31.6 Å². The van der Waals surface area contributed by atoms with E-state index in [0.717, 1.165) is 24.9 Å². The molecule has 1 saturated heterocycles. The molecular formula is C22H33N3O3. The van der Waals surface area contributed by atoms with Crippen LogP contribution in [0, 0.1) is 5.92 Å². The van der Waals surface area contributed by atoms with E-state index in [-0.39, 0.29) is 17.9 Å². The highest BCUT2D eigenvalue weighted by atomic mass is 16.5. The molecule has 154 valence electrons. The third kappa shape index (κ3) is 6.51. The summed E-state index contributed by atoms with van der Waals surface area (Å²) in [4.78, 5) is 26.7. The molecular weight excluding hydrogens is 354 g/mol. The van der Waals surface area contributed by atoms with Gasteiger partial charge in [-0.15, -0.1) is 0 Å². The Kier molecular flexibility index (Phi) is 8.15. The Balaban J connectivity index is 1.33. The summed E-state index contributed by atoms with van der Waals surface area (Å²) in [6.07, 6.45) is 9.18. The van der Waals surface area contributed by atoms with E-state index >= 15 is 0 Å². The van der Waals surface area contributed by atoms with E-state index in [0.29, 0.717) is 32.3 Å². The predicted octanol–water partition coefficient (Wildman–Crippen LogP) is 3.79. The van der Waals surface area contributed by atoms with E-state index < -0.39 is 0 Å². The second-order valence-corrected chi connectivity index (χ2v) is 7.86. The first-order chi connectivity index (χ1) is 13.7. The number of urea groups is 1. The molecule has 1 heterocycles. The van der Waals surface area contributed by atoms with Crippen LogP contribution in [0.3, 0.4) is 0 Å². The largest absolute Gasteiger partial charge is 0.378 e. The van der Waals surface area contributed by atoms with Gasteiger partial charge in [0.25, 0.3) is 0 Å². The highest BCUT2D eigenvalue weighted by molar-refractivity contribution is 5.90. The van der Waals surface area contributed by atoms with Gasteiger partial charge >= 0.3 is 6.03 Å². The standard InChI is InChI=1S/C22H33N3O3/c26-21(23-14-8-16-28-20-12-5-2-6-13-20)18-9-7-15-25(17-18)22(27)24-19-10-3-1-4-11-19/h1,3-4,10-11,18,20H,2,5-9,12-17H2,(H,23,26)(H,24,27). The van der Waals surface area contributed by atoms with Gasteiger partial charge in [0.15, 0.2) is 0 Å². The molecule has 1 unspecified atom stereocenters. The van der Waals surface area contributed by atoms with E-state index in [9.17, 15) is 9.59 Å². The number of rotatable bonds is 7. The van der Waals surface area contributed by atoms with E-state index in [4.69, 9.17) is 4.74 Å². The molecule has 0 aromatic heterocycles. The van der Waals surface area contributed by atoms with E-state index in [1.807, 2.05) is 30.3 Å². The SMILES string of the molecule is O=C(NCCCOC1CCCCC1)C1CCCN(C(=O)Nc2ccccc2)C1. The number of likely N-dealkylation sites (tertiary alicyclic amines) is 1. The topological polar surface area (TPSA) is 70.7 Å². The molecule has 1 aromatic carbocycles. The highest BCUT2D eigenvalue weighted by Crippen LogP contribution is 2.20. The molecule has 3 rings (SSSR count). The normalized spacial score (nSPS) is 20.6. The molecule has 1 aliphatic heterocycles. The Morgan fingerprint density at radius 3 is 2.61 bits per heavy atom. The molecule has 1 atom stereocenters. The van der Waals surface area contributed by atoms with Crippen molar-refractivity contribution in [3.8, 4) is 0 Å². The molecule has 2 N–H and O–H groups in total. The van der Waals surface area contributed by atoms with Gasteiger partial charge in [-0.05, 0) is 44.2 Å². The van der Waals surface area contributed by atoms with Crippen molar-refractivity contribution in [3.63, 3.8) is 0 Å². The van der Waals surface area contributed by atoms with Crippen molar-refractivity contribution in [1.29, 1.82) is 0 Å². The quantitative estimate of drug-likeness (QED) is 0.700. The van der Waals surface area contributed by atoms with Crippen molar-refractivity contribution in [2.24, 2.45) is 5.92 Å². The fraction of sp³-hybridized carbons (Fsp3) is 0.636. The lowest BCUT2D eigenvalue weighted by Crippen LogP contribution is -2.47. The molecule has 28 heavy (non-hydrogen) atoms. The van der Waals surface area contributed by atoms with Gasteiger partial charge in [0.1, 0.15) is 0 Å². The maximum atomic E-state index is 12.5. The molecule has 1 aromatic rings. The van der Waals surface area contributed by atoms with Gasteiger partial charge in [0.2, 0.25) is 5.91 Å². The molecule has 0 bridgehead atoms. The lowest BCUT2D eigenvalue weighted by molar-refractivity contribution is -0.126. The second-order valence-electron chi connectivity index (χ2n) is 7.86. The van der Waals surface area contributed by atoms with Crippen molar-refractivity contribution < 1.29 is 14.3 Å². The smallest absolute Gasteiger partial charge is 0.321 e. The number of para-hydroxylation sites is 1. The van der Waals surface area contributed by atoms with Crippen molar-refractivity contribution in [1.82, 2.24) is 10.2 Å². The molecule has 6 nitrogen and oxygen atoms in total. The van der Waals surface area contributed by atoms with Crippen LogP contribution in [0.4, 0.5) is 10.5 Å². The fourth-order valence-electron chi connectivity index (χ4n) is 4.01. The van der Waals surface area contributed by atoms with Crippen LogP contribution in [-0.4, -0.2) is 49.2 Å². The molecule has 1 aliphatic carbocycles. The number of ether oxygens (including phenoxy) is 1. The highest BCUT2D eigenvalue weighted by Gasteiger charge is 2.28. The van der Waals surface area contributed by atoms with Crippen molar-refractivity contribution in [2.45, 2.75) is 57.5 Å². The summed E-state index contributed by atoms with van der Waals surface area (Å²) in [5.74, 6) is -0.0792. The van der Waals surface area contributed by atoms with Gasteiger partial charge in [0, 0.05) is 31.9 Å². The summed E-state index contributed by atoms with van der Waals surface area (Å²) in [7, 11) is 0. The number of nitrogens with zero attached hydrogens (tertiary/aromatic N) is 1. The number of piperidine rings is 1. The van der Waals surface area contributed by atoms with E-state index in [2.05, 4.69) is 10.6 Å².